The molecule has 2 atom stereocenters. The van der Waals surface area contributed by atoms with Gasteiger partial charge < -0.3 is 19.7 Å². The summed E-state index contributed by atoms with van der Waals surface area (Å²) in [4.78, 5) is 28.4. The first-order valence-corrected chi connectivity index (χ1v) is 16.4. The summed E-state index contributed by atoms with van der Waals surface area (Å²) < 4.78 is 11.9. The van der Waals surface area contributed by atoms with E-state index in [4.69, 9.17) is 9.47 Å². The van der Waals surface area contributed by atoms with Crippen LogP contribution >= 0.6 is 0 Å². The molecule has 2 bridgehead atoms. The second-order valence-corrected chi connectivity index (χ2v) is 13.0. The Balaban J connectivity index is 0.860. The lowest BCUT2D eigenvalue weighted by Crippen LogP contribution is -2.56. The number of ether oxygens (including phenoxy) is 2. The molecule has 4 aliphatic rings. The molecule has 2 fully saturated rings. The number of benzene rings is 4. The molecule has 6 nitrogen and oxygen atoms in total. The van der Waals surface area contributed by atoms with E-state index in [0.717, 1.165) is 32.1 Å². The first kappa shape index (κ1) is 27.9. The summed E-state index contributed by atoms with van der Waals surface area (Å²) in [5.74, 6) is 0.404. The van der Waals surface area contributed by atoms with E-state index >= 15 is 0 Å². The topological polar surface area (TPSA) is 67.9 Å². The number of nitrogens with one attached hydrogen (secondary N) is 1. The molecule has 45 heavy (non-hydrogen) atoms. The fourth-order valence-corrected chi connectivity index (χ4v) is 8.50. The van der Waals surface area contributed by atoms with Gasteiger partial charge in [-0.3, -0.25) is 0 Å². The molecule has 1 N–H and O–H groups in total. The highest BCUT2D eigenvalue weighted by atomic mass is 16.6. The van der Waals surface area contributed by atoms with Gasteiger partial charge in [0, 0.05) is 30.5 Å². The van der Waals surface area contributed by atoms with Crippen molar-refractivity contribution in [2.24, 2.45) is 5.92 Å². The highest BCUT2D eigenvalue weighted by Crippen LogP contribution is 2.46. The molecule has 0 spiro atoms. The van der Waals surface area contributed by atoms with Gasteiger partial charge in [-0.1, -0.05) is 97.1 Å². The number of carbonyl (C=O) groups is 2. The van der Waals surface area contributed by atoms with E-state index in [0.29, 0.717) is 25.7 Å². The number of nitrogens with zero attached hydrogens (tertiary/aromatic N) is 1. The SMILES string of the molecule is O=C(NCC1CC2CCCC(C1)N2C(=O)OCC1c2ccccc2-c2ccccc21)OCC1c2ccccc2-c2ccccc21. The van der Waals surface area contributed by atoms with Gasteiger partial charge in [-0.2, -0.15) is 0 Å². The number of rotatable bonds is 6. The quantitative estimate of drug-likeness (QED) is 0.244. The average Bonchev–Trinajstić information content (AvgIpc) is 3.57. The molecule has 0 saturated carbocycles. The highest BCUT2D eigenvalue weighted by molar-refractivity contribution is 5.80. The van der Waals surface area contributed by atoms with Crippen molar-refractivity contribution in [2.75, 3.05) is 19.8 Å². The van der Waals surface area contributed by atoms with Crippen LogP contribution < -0.4 is 5.32 Å². The summed E-state index contributed by atoms with van der Waals surface area (Å²) in [5, 5.41) is 3.04. The Morgan fingerprint density at radius 3 is 1.51 bits per heavy atom. The molecule has 6 heteroatoms. The van der Waals surface area contributed by atoms with Crippen LogP contribution in [-0.4, -0.2) is 48.9 Å². The Bertz CT molecular complexity index is 1650. The minimum atomic E-state index is -0.374. The predicted molar refractivity (Wildman–Crippen MR) is 174 cm³/mol. The maximum Gasteiger partial charge on any atom is 0.410 e. The fraction of sp³-hybridized carbons (Fsp3) is 0.333. The smallest absolute Gasteiger partial charge is 0.410 e. The maximum absolute atomic E-state index is 13.6. The van der Waals surface area contributed by atoms with Crippen LogP contribution in [-0.2, 0) is 9.47 Å². The molecule has 2 aliphatic carbocycles. The van der Waals surface area contributed by atoms with Crippen LogP contribution in [0.3, 0.4) is 0 Å². The van der Waals surface area contributed by atoms with Gasteiger partial charge in [0.2, 0.25) is 0 Å². The Labute approximate surface area is 264 Å². The second-order valence-electron chi connectivity index (χ2n) is 13.0. The normalized spacial score (nSPS) is 21.3. The Morgan fingerprint density at radius 2 is 1.04 bits per heavy atom. The molecule has 2 aliphatic heterocycles. The average molecular weight is 599 g/mol. The van der Waals surface area contributed by atoms with E-state index in [1.807, 2.05) is 17.0 Å². The van der Waals surface area contributed by atoms with Crippen LogP contribution in [0.25, 0.3) is 22.3 Å². The van der Waals surface area contributed by atoms with Crippen LogP contribution in [0.2, 0.25) is 0 Å². The van der Waals surface area contributed by atoms with Crippen LogP contribution in [0.4, 0.5) is 9.59 Å². The van der Waals surface area contributed by atoms with Crippen molar-refractivity contribution in [3.8, 4) is 22.3 Å². The van der Waals surface area contributed by atoms with Gasteiger partial charge in [-0.05, 0) is 82.5 Å². The van der Waals surface area contributed by atoms with Crippen molar-refractivity contribution < 1.29 is 19.1 Å². The van der Waals surface area contributed by atoms with Gasteiger partial charge >= 0.3 is 12.2 Å². The molecular formula is C39H38N2O4. The van der Waals surface area contributed by atoms with E-state index in [9.17, 15) is 9.59 Å². The van der Waals surface area contributed by atoms with Crippen molar-refractivity contribution in [1.82, 2.24) is 10.2 Å². The third-order valence-corrected chi connectivity index (χ3v) is 10.5. The van der Waals surface area contributed by atoms with Crippen LogP contribution in [0.5, 0.6) is 0 Å². The molecule has 0 aromatic heterocycles. The number of carbonyl (C=O) groups excluding carboxylic acids is 2. The van der Waals surface area contributed by atoms with Gasteiger partial charge in [0.05, 0.1) is 0 Å². The zero-order valence-electron chi connectivity index (χ0n) is 25.4. The summed E-state index contributed by atoms with van der Waals surface area (Å²) in [6.07, 6.45) is 4.23. The third-order valence-electron chi connectivity index (χ3n) is 10.5. The van der Waals surface area contributed by atoms with Crippen LogP contribution in [0.1, 0.15) is 66.2 Å². The number of fused-ring (bicyclic) bond motifs is 8. The monoisotopic (exact) mass is 598 g/mol. The summed E-state index contributed by atoms with van der Waals surface area (Å²) in [6.45, 7) is 1.21. The lowest BCUT2D eigenvalue weighted by molar-refractivity contribution is 0.00507. The van der Waals surface area contributed by atoms with Crippen molar-refractivity contribution in [1.29, 1.82) is 0 Å². The largest absolute Gasteiger partial charge is 0.449 e. The first-order valence-electron chi connectivity index (χ1n) is 16.4. The Hall–Kier alpha value is -4.58. The zero-order chi connectivity index (χ0) is 30.3. The third kappa shape index (κ3) is 5.06. The van der Waals surface area contributed by atoms with E-state index in [-0.39, 0.29) is 36.1 Å². The van der Waals surface area contributed by atoms with E-state index in [2.05, 4.69) is 90.2 Å². The molecule has 4 aromatic rings. The van der Waals surface area contributed by atoms with Gasteiger partial charge in [-0.25, -0.2) is 9.59 Å². The van der Waals surface area contributed by atoms with Crippen molar-refractivity contribution in [3.63, 3.8) is 0 Å². The lowest BCUT2D eigenvalue weighted by atomic mass is 9.78. The standard InChI is InChI=1S/C39H38N2O4/c42-38(44-23-36-32-16-5-1-12-28(32)29-13-2-6-17-33(29)36)40-22-25-20-26-10-9-11-27(21-25)41(26)39(43)45-24-37-34-18-7-3-14-30(34)31-15-4-8-19-35(31)37/h1-8,12-19,25-27,36-37H,9-11,20-24H2,(H,40,42). The number of alkyl carbamates (subject to hydrolysis) is 1. The van der Waals surface area contributed by atoms with Gasteiger partial charge in [0.25, 0.3) is 0 Å². The summed E-state index contributed by atoms with van der Waals surface area (Å²) >= 11 is 0. The van der Waals surface area contributed by atoms with Crippen LogP contribution in [0, 0.1) is 5.92 Å². The minimum absolute atomic E-state index is 0.0444. The van der Waals surface area contributed by atoms with Gasteiger partial charge in [-0.15, -0.1) is 0 Å². The molecule has 4 aromatic carbocycles. The van der Waals surface area contributed by atoms with E-state index in [1.165, 1.54) is 44.5 Å². The molecule has 2 unspecified atom stereocenters. The van der Waals surface area contributed by atoms with Gasteiger partial charge in [0.1, 0.15) is 13.2 Å². The Kier molecular flexibility index (Phi) is 7.28. The van der Waals surface area contributed by atoms with Crippen molar-refractivity contribution in [3.05, 3.63) is 119 Å². The summed E-state index contributed by atoms with van der Waals surface area (Å²) in [5.41, 5.74) is 9.77. The molecule has 8 rings (SSSR count). The van der Waals surface area contributed by atoms with E-state index in [1.54, 1.807) is 0 Å². The van der Waals surface area contributed by atoms with Gasteiger partial charge in [0.15, 0.2) is 0 Å². The molecular weight excluding hydrogens is 560 g/mol. The number of amides is 2. The minimum Gasteiger partial charge on any atom is -0.449 e. The molecule has 2 amide bonds. The summed E-state index contributed by atoms with van der Waals surface area (Å²) in [6, 6.07) is 33.9. The molecule has 228 valence electrons. The molecule has 2 saturated heterocycles. The number of hydrogen-bond acceptors (Lipinski definition) is 4. The molecule has 2 heterocycles. The lowest BCUT2D eigenvalue weighted by Gasteiger charge is -2.48. The highest BCUT2D eigenvalue weighted by Gasteiger charge is 2.42. The number of hydrogen-bond donors (Lipinski definition) is 1. The first-order chi connectivity index (χ1) is 22.2. The molecule has 0 radical (unpaired) electrons. The maximum atomic E-state index is 13.6. The zero-order valence-corrected chi connectivity index (χ0v) is 25.4. The van der Waals surface area contributed by atoms with Crippen molar-refractivity contribution >= 4 is 12.2 Å². The van der Waals surface area contributed by atoms with Crippen molar-refractivity contribution in [2.45, 2.75) is 56.0 Å². The predicted octanol–water partition coefficient (Wildman–Crippen LogP) is 8.11. The fourth-order valence-electron chi connectivity index (χ4n) is 8.50. The Morgan fingerprint density at radius 1 is 0.622 bits per heavy atom. The van der Waals surface area contributed by atoms with Crippen LogP contribution in [0.15, 0.2) is 97.1 Å². The van der Waals surface area contributed by atoms with E-state index < -0.39 is 0 Å². The summed E-state index contributed by atoms with van der Waals surface area (Å²) in [7, 11) is 0. The number of piperidine rings is 2. The second kappa shape index (κ2) is 11.7.